The molecule has 0 aromatic carbocycles. The average molecular weight is 206 g/mol. The smallest absolute Gasteiger partial charge is 0.257 e. The standard InChI is InChI=1S/C10H14N4O/c1-4-5-6(2)12-10(15)8-7(3)13-14-9(8)11/h1,6H,5H2,2-3H3,(H,12,15)(H3,11,13,14). The number of amides is 1. The molecule has 0 fully saturated rings. The third-order valence-corrected chi connectivity index (χ3v) is 2.00. The van der Waals surface area contributed by atoms with Crippen LogP contribution in [-0.4, -0.2) is 22.1 Å². The Balaban J connectivity index is 2.74. The molecule has 1 aromatic rings. The first-order valence-corrected chi connectivity index (χ1v) is 4.61. The summed E-state index contributed by atoms with van der Waals surface area (Å²) >= 11 is 0. The van der Waals surface area contributed by atoms with Crippen LogP contribution in [0.4, 0.5) is 5.82 Å². The summed E-state index contributed by atoms with van der Waals surface area (Å²) < 4.78 is 0. The zero-order valence-electron chi connectivity index (χ0n) is 8.79. The number of anilines is 1. The third-order valence-electron chi connectivity index (χ3n) is 2.00. The first-order valence-electron chi connectivity index (χ1n) is 4.61. The number of carbonyl (C=O) groups excluding carboxylic acids is 1. The van der Waals surface area contributed by atoms with Crippen molar-refractivity contribution in [2.45, 2.75) is 26.3 Å². The van der Waals surface area contributed by atoms with E-state index < -0.39 is 0 Å². The molecule has 0 spiro atoms. The van der Waals surface area contributed by atoms with Crippen molar-refractivity contribution in [2.75, 3.05) is 5.73 Å². The highest BCUT2D eigenvalue weighted by atomic mass is 16.1. The molecule has 1 rings (SSSR count). The molecule has 80 valence electrons. The van der Waals surface area contributed by atoms with Crippen LogP contribution in [0.2, 0.25) is 0 Å². The first kappa shape index (κ1) is 11.1. The van der Waals surface area contributed by atoms with Gasteiger partial charge in [-0.2, -0.15) is 5.10 Å². The van der Waals surface area contributed by atoms with Crippen molar-refractivity contribution in [3.63, 3.8) is 0 Å². The molecule has 0 saturated carbocycles. The quantitative estimate of drug-likeness (QED) is 0.627. The van der Waals surface area contributed by atoms with Gasteiger partial charge >= 0.3 is 0 Å². The molecule has 0 aliphatic heterocycles. The van der Waals surface area contributed by atoms with Crippen molar-refractivity contribution in [2.24, 2.45) is 0 Å². The van der Waals surface area contributed by atoms with Gasteiger partial charge in [-0.25, -0.2) is 0 Å². The lowest BCUT2D eigenvalue weighted by atomic mass is 10.2. The fourth-order valence-corrected chi connectivity index (χ4v) is 1.26. The third kappa shape index (κ3) is 2.50. The highest BCUT2D eigenvalue weighted by molar-refractivity contribution is 5.99. The molecule has 1 heterocycles. The number of aryl methyl sites for hydroxylation is 1. The van der Waals surface area contributed by atoms with Gasteiger partial charge in [-0.05, 0) is 13.8 Å². The predicted molar refractivity (Wildman–Crippen MR) is 58.1 cm³/mol. The zero-order valence-corrected chi connectivity index (χ0v) is 8.79. The number of nitrogen functional groups attached to an aromatic ring is 1. The van der Waals surface area contributed by atoms with Crippen LogP contribution in [0.15, 0.2) is 0 Å². The van der Waals surface area contributed by atoms with Gasteiger partial charge in [-0.15, -0.1) is 12.3 Å². The van der Waals surface area contributed by atoms with Crippen molar-refractivity contribution in [3.8, 4) is 12.3 Å². The topological polar surface area (TPSA) is 83.8 Å². The van der Waals surface area contributed by atoms with Crippen molar-refractivity contribution in [1.82, 2.24) is 15.5 Å². The summed E-state index contributed by atoms with van der Waals surface area (Å²) in [5.74, 6) is 2.44. The molecule has 4 N–H and O–H groups in total. The van der Waals surface area contributed by atoms with Crippen molar-refractivity contribution >= 4 is 11.7 Å². The minimum Gasteiger partial charge on any atom is -0.382 e. The van der Waals surface area contributed by atoms with E-state index in [-0.39, 0.29) is 17.8 Å². The second kappa shape index (κ2) is 4.51. The Morgan fingerprint density at radius 2 is 2.47 bits per heavy atom. The summed E-state index contributed by atoms with van der Waals surface area (Å²) in [4.78, 5) is 11.7. The van der Waals surface area contributed by atoms with E-state index in [4.69, 9.17) is 12.2 Å². The van der Waals surface area contributed by atoms with Crippen LogP contribution in [0.3, 0.4) is 0 Å². The van der Waals surface area contributed by atoms with Crippen molar-refractivity contribution in [1.29, 1.82) is 0 Å². The average Bonchev–Trinajstić information content (AvgIpc) is 2.46. The molecule has 0 radical (unpaired) electrons. The number of aromatic nitrogens is 2. The van der Waals surface area contributed by atoms with Crippen LogP contribution in [0.25, 0.3) is 0 Å². The summed E-state index contributed by atoms with van der Waals surface area (Å²) in [7, 11) is 0. The number of aromatic amines is 1. The number of carbonyl (C=O) groups is 1. The van der Waals surface area contributed by atoms with E-state index in [1.54, 1.807) is 6.92 Å². The van der Waals surface area contributed by atoms with Gasteiger partial charge in [-0.1, -0.05) is 0 Å². The largest absolute Gasteiger partial charge is 0.382 e. The molecule has 0 saturated heterocycles. The van der Waals surface area contributed by atoms with E-state index in [9.17, 15) is 4.79 Å². The molecule has 0 bridgehead atoms. The van der Waals surface area contributed by atoms with Gasteiger partial charge in [0.25, 0.3) is 5.91 Å². The molecule has 5 nitrogen and oxygen atoms in total. The van der Waals surface area contributed by atoms with Gasteiger partial charge in [0.05, 0.1) is 0 Å². The number of terminal acetylenes is 1. The molecule has 1 amide bonds. The fourth-order valence-electron chi connectivity index (χ4n) is 1.26. The summed E-state index contributed by atoms with van der Waals surface area (Å²) in [5.41, 5.74) is 6.59. The van der Waals surface area contributed by atoms with E-state index in [1.807, 2.05) is 6.92 Å². The van der Waals surface area contributed by atoms with Gasteiger partial charge in [0.2, 0.25) is 0 Å². The second-order valence-corrected chi connectivity index (χ2v) is 3.39. The Bertz CT molecular complexity index is 383. The Morgan fingerprint density at radius 1 is 1.80 bits per heavy atom. The first-order chi connectivity index (χ1) is 7.06. The summed E-state index contributed by atoms with van der Waals surface area (Å²) in [6, 6.07) is -0.0730. The maximum Gasteiger partial charge on any atom is 0.257 e. The second-order valence-electron chi connectivity index (χ2n) is 3.39. The Morgan fingerprint density at radius 3 is 2.93 bits per heavy atom. The van der Waals surface area contributed by atoms with Crippen molar-refractivity contribution < 1.29 is 4.79 Å². The number of hydrogen-bond acceptors (Lipinski definition) is 3. The highest BCUT2D eigenvalue weighted by Crippen LogP contribution is 2.12. The lowest BCUT2D eigenvalue weighted by molar-refractivity contribution is 0.0941. The lowest BCUT2D eigenvalue weighted by Gasteiger charge is -2.10. The van der Waals surface area contributed by atoms with Crippen LogP contribution in [0, 0.1) is 19.3 Å². The molecule has 1 aromatic heterocycles. The maximum atomic E-state index is 11.7. The minimum atomic E-state index is -0.249. The van der Waals surface area contributed by atoms with Crippen molar-refractivity contribution in [3.05, 3.63) is 11.3 Å². The van der Waals surface area contributed by atoms with Crippen LogP contribution in [0.1, 0.15) is 29.4 Å². The molecule has 1 unspecified atom stereocenters. The van der Waals surface area contributed by atoms with E-state index in [2.05, 4.69) is 21.4 Å². The van der Waals surface area contributed by atoms with Gasteiger partial charge in [0, 0.05) is 18.2 Å². The van der Waals surface area contributed by atoms with Gasteiger partial charge in [-0.3, -0.25) is 9.89 Å². The van der Waals surface area contributed by atoms with Crippen LogP contribution < -0.4 is 11.1 Å². The highest BCUT2D eigenvalue weighted by Gasteiger charge is 2.17. The molecular weight excluding hydrogens is 192 g/mol. The minimum absolute atomic E-state index is 0.0730. The summed E-state index contributed by atoms with van der Waals surface area (Å²) in [6.45, 7) is 3.58. The molecule has 15 heavy (non-hydrogen) atoms. The van der Waals surface area contributed by atoms with Gasteiger partial charge < -0.3 is 11.1 Å². The SMILES string of the molecule is C#CCC(C)NC(=O)c1c(N)n[nH]c1C. The normalized spacial score (nSPS) is 11.8. The van der Waals surface area contributed by atoms with Crippen LogP contribution >= 0.6 is 0 Å². The van der Waals surface area contributed by atoms with Crippen LogP contribution in [-0.2, 0) is 0 Å². The van der Waals surface area contributed by atoms with Crippen LogP contribution in [0.5, 0.6) is 0 Å². The maximum absolute atomic E-state index is 11.7. The molecule has 5 heteroatoms. The van der Waals surface area contributed by atoms with Gasteiger partial charge in [0.1, 0.15) is 5.56 Å². The number of H-pyrrole nitrogens is 1. The number of nitrogens with one attached hydrogen (secondary N) is 2. The van der Waals surface area contributed by atoms with E-state index >= 15 is 0 Å². The molecular formula is C10H14N4O. The molecule has 1 atom stereocenters. The van der Waals surface area contributed by atoms with E-state index in [0.29, 0.717) is 17.7 Å². The summed E-state index contributed by atoms with van der Waals surface area (Å²) in [6.07, 6.45) is 5.63. The fraction of sp³-hybridized carbons (Fsp3) is 0.400. The number of nitrogens with two attached hydrogens (primary N) is 1. The summed E-state index contributed by atoms with van der Waals surface area (Å²) in [5, 5.41) is 9.13. The molecule has 0 aliphatic rings. The Labute approximate surface area is 88.4 Å². The predicted octanol–water partition coefficient (Wildman–Crippen LogP) is 0.442. The lowest BCUT2D eigenvalue weighted by Crippen LogP contribution is -2.32. The molecule has 0 aliphatic carbocycles. The number of rotatable bonds is 3. The monoisotopic (exact) mass is 206 g/mol. The number of hydrogen-bond donors (Lipinski definition) is 3. The Hall–Kier alpha value is -1.96. The van der Waals surface area contributed by atoms with E-state index in [1.165, 1.54) is 0 Å². The Kier molecular flexibility index (Phi) is 3.34. The van der Waals surface area contributed by atoms with Gasteiger partial charge in [0.15, 0.2) is 5.82 Å². The number of nitrogens with zero attached hydrogens (tertiary/aromatic N) is 1. The zero-order chi connectivity index (χ0) is 11.4. The van der Waals surface area contributed by atoms with E-state index in [0.717, 1.165) is 0 Å².